The molecule has 7 heteroatoms. The summed E-state index contributed by atoms with van der Waals surface area (Å²) in [5.74, 6) is -0.599. The van der Waals surface area contributed by atoms with Crippen molar-refractivity contribution in [1.82, 2.24) is 10.6 Å². The van der Waals surface area contributed by atoms with Crippen LogP contribution in [0, 0.1) is 12.8 Å². The van der Waals surface area contributed by atoms with E-state index < -0.39 is 0 Å². The van der Waals surface area contributed by atoms with Crippen LogP contribution in [0.2, 0.25) is 0 Å². The first-order valence-electron chi connectivity index (χ1n) is 8.90. The summed E-state index contributed by atoms with van der Waals surface area (Å²) in [7, 11) is 0. The number of hydrogen-bond acceptors (Lipinski definition) is 4. The molecule has 0 aliphatic rings. The van der Waals surface area contributed by atoms with E-state index in [1.165, 1.54) is 11.3 Å². The molecule has 0 fully saturated rings. The molecule has 0 aliphatic heterocycles. The summed E-state index contributed by atoms with van der Waals surface area (Å²) in [6.45, 7) is 6.01. The fraction of sp³-hybridized carbons (Fsp3) is 0.350. The van der Waals surface area contributed by atoms with Gasteiger partial charge in [0.1, 0.15) is 0 Å². The minimum absolute atomic E-state index is 0.0230. The monoisotopic (exact) mass is 387 g/mol. The number of hydrogen-bond donors (Lipinski definition) is 3. The lowest BCUT2D eigenvalue weighted by Gasteiger charge is -2.11. The van der Waals surface area contributed by atoms with Crippen LogP contribution in [0.1, 0.15) is 40.4 Å². The Kier molecular flexibility index (Phi) is 7.55. The lowest BCUT2D eigenvalue weighted by Crippen LogP contribution is -2.36. The molecule has 0 unspecified atom stereocenters. The van der Waals surface area contributed by atoms with E-state index in [4.69, 9.17) is 0 Å². The van der Waals surface area contributed by atoms with Gasteiger partial charge in [0.05, 0.1) is 11.4 Å². The van der Waals surface area contributed by atoms with Gasteiger partial charge in [0, 0.05) is 23.0 Å². The normalized spacial score (nSPS) is 11.5. The molecule has 2 aromatic rings. The summed E-state index contributed by atoms with van der Waals surface area (Å²) in [6.07, 6.45) is 0.776. The van der Waals surface area contributed by atoms with E-state index in [1.54, 1.807) is 6.07 Å². The van der Waals surface area contributed by atoms with Gasteiger partial charge >= 0.3 is 0 Å². The van der Waals surface area contributed by atoms with Crippen molar-refractivity contribution in [2.24, 2.45) is 5.92 Å². The first kappa shape index (κ1) is 20.6. The lowest BCUT2D eigenvalue weighted by atomic mass is 10.1. The van der Waals surface area contributed by atoms with Crippen molar-refractivity contribution in [3.63, 3.8) is 0 Å². The molecule has 0 aliphatic carbocycles. The molecule has 27 heavy (non-hydrogen) atoms. The van der Waals surface area contributed by atoms with E-state index in [9.17, 15) is 14.4 Å². The largest absolute Gasteiger partial charge is 0.350 e. The van der Waals surface area contributed by atoms with Gasteiger partial charge in [-0.2, -0.15) is 0 Å². The minimum atomic E-state index is -0.273. The van der Waals surface area contributed by atoms with Crippen LogP contribution in [-0.2, 0) is 16.1 Å². The molecular weight excluding hydrogens is 362 g/mol. The Bertz CT molecular complexity index is 816. The Morgan fingerprint density at radius 3 is 2.56 bits per heavy atom. The highest BCUT2D eigenvalue weighted by molar-refractivity contribution is 7.13. The summed E-state index contributed by atoms with van der Waals surface area (Å²) in [4.78, 5) is 37.5. The van der Waals surface area contributed by atoms with Crippen molar-refractivity contribution < 1.29 is 14.4 Å². The SMILES string of the molecule is CC[C@@H](C)C(=O)Nc1cccc(CNC(=O)CNC(=O)c2ccc(C)s2)c1. The Balaban J connectivity index is 1.80. The molecule has 3 N–H and O–H groups in total. The molecule has 3 amide bonds. The maximum absolute atomic E-state index is 12.0. The number of amides is 3. The second kappa shape index (κ2) is 9.87. The molecule has 6 nitrogen and oxygen atoms in total. The lowest BCUT2D eigenvalue weighted by molar-refractivity contribution is -0.120. The van der Waals surface area contributed by atoms with Gasteiger partial charge in [-0.1, -0.05) is 26.0 Å². The molecule has 0 spiro atoms. The Labute approximate surface area is 163 Å². The van der Waals surface area contributed by atoms with Crippen LogP contribution in [-0.4, -0.2) is 24.3 Å². The van der Waals surface area contributed by atoms with Crippen LogP contribution in [0.3, 0.4) is 0 Å². The van der Waals surface area contributed by atoms with E-state index in [-0.39, 0.29) is 30.2 Å². The Morgan fingerprint density at radius 1 is 1.11 bits per heavy atom. The van der Waals surface area contributed by atoms with Crippen LogP contribution < -0.4 is 16.0 Å². The average Bonchev–Trinajstić information content (AvgIpc) is 3.10. The highest BCUT2D eigenvalue weighted by Gasteiger charge is 2.11. The van der Waals surface area contributed by atoms with Gasteiger partial charge in [0.15, 0.2) is 0 Å². The molecule has 0 saturated heterocycles. The molecular formula is C20H25N3O3S. The molecule has 1 aromatic heterocycles. The number of rotatable bonds is 8. The Hall–Kier alpha value is -2.67. The van der Waals surface area contributed by atoms with E-state index in [0.29, 0.717) is 17.1 Å². The second-order valence-corrected chi connectivity index (χ2v) is 7.66. The third-order valence-corrected chi connectivity index (χ3v) is 5.12. The fourth-order valence-electron chi connectivity index (χ4n) is 2.28. The fourth-order valence-corrected chi connectivity index (χ4v) is 3.06. The van der Waals surface area contributed by atoms with Crippen LogP contribution in [0.4, 0.5) is 5.69 Å². The number of benzene rings is 1. The van der Waals surface area contributed by atoms with Crippen molar-refractivity contribution in [2.75, 3.05) is 11.9 Å². The van der Waals surface area contributed by atoms with Crippen molar-refractivity contribution in [3.8, 4) is 0 Å². The molecule has 0 bridgehead atoms. The molecule has 144 valence electrons. The van der Waals surface area contributed by atoms with Crippen molar-refractivity contribution in [3.05, 3.63) is 51.7 Å². The summed E-state index contributed by atoms with van der Waals surface area (Å²) in [6, 6.07) is 10.9. The Morgan fingerprint density at radius 2 is 1.89 bits per heavy atom. The third-order valence-electron chi connectivity index (χ3n) is 4.12. The predicted octanol–water partition coefficient (Wildman–Crippen LogP) is 3.09. The van der Waals surface area contributed by atoms with Gasteiger partial charge in [0.2, 0.25) is 11.8 Å². The second-order valence-electron chi connectivity index (χ2n) is 6.37. The van der Waals surface area contributed by atoms with Crippen LogP contribution in [0.15, 0.2) is 36.4 Å². The number of aryl methyl sites for hydroxylation is 1. The number of thiophene rings is 1. The molecule has 1 aromatic carbocycles. The number of carbonyl (C=O) groups is 3. The predicted molar refractivity (Wildman–Crippen MR) is 108 cm³/mol. The van der Waals surface area contributed by atoms with Gasteiger partial charge in [-0.25, -0.2) is 0 Å². The molecule has 0 radical (unpaired) electrons. The standard InChI is InChI=1S/C20H25N3O3S/c1-4-13(2)19(25)23-16-7-5-6-15(10-16)11-21-18(24)12-22-20(26)17-9-8-14(3)27-17/h5-10,13H,4,11-12H2,1-3H3,(H,21,24)(H,22,26)(H,23,25)/t13-/m1/s1. The average molecular weight is 388 g/mol. The summed E-state index contributed by atoms with van der Waals surface area (Å²) < 4.78 is 0. The zero-order chi connectivity index (χ0) is 19.8. The van der Waals surface area contributed by atoms with Crippen molar-refractivity contribution in [1.29, 1.82) is 0 Å². The zero-order valence-electron chi connectivity index (χ0n) is 15.8. The van der Waals surface area contributed by atoms with Gasteiger partial charge in [-0.05, 0) is 43.2 Å². The van der Waals surface area contributed by atoms with Crippen molar-refractivity contribution >= 4 is 34.7 Å². The number of nitrogens with one attached hydrogen (secondary N) is 3. The topological polar surface area (TPSA) is 87.3 Å². The zero-order valence-corrected chi connectivity index (χ0v) is 16.6. The third kappa shape index (κ3) is 6.53. The molecule has 1 heterocycles. The highest BCUT2D eigenvalue weighted by Crippen LogP contribution is 2.15. The minimum Gasteiger partial charge on any atom is -0.350 e. The van der Waals surface area contributed by atoms with Crippen molar-refractivity contribution in [2.45, 2.75) is 33.7 Å². The van der Waals surface area contributed by atoms with Gasteiger partial charge in [0.25, 0.3) is 5.91 Å². The first-order chi connectivity index (χ1) is 12.9. The maximum Gasteiger partial charge on any atom is 0.261 e. The highest BCUT2D eigenvalue weighted by atomic mass is 32.1. The van der Waals surface area contributed by atoms with Gasteiger partial charge in [-0.3, -0.25) is 14.4 Å². The quantitative estimate of drug-likeness (QED) is 0.650. The smallest absolute Gasteiger partial charge is 0.261 e. The maximum atomic E-state index is 12.0. The van der Waals surface area contributed by atoms with Crippen LogP contribution >= 0.6 is 11.3 Å². The van der Waals surface area contributed by atoms with E-state index in [0.717, 1.165) is 16.9 Å². The van der Waals surface area contributed by atoms with Gasteiger partial charge < -0.3 is 16.0 Å². The summed E-state index contributed by atoms with van der Waals surface area (Å²) in [5.41, 5.74) is 1.57. The van der Waals surface area contributed by atoms with E-state index >= 15 is 0 Å². The van der Waals surface area contributed by atoms with E-state index in [1.807, 2.05) is 51.1 Å². The first-order valence-corrected chi connectivity index (χ1v) is 9.71. The van der Waals surface area contributed by atoms with E-state index in [2.05, 4.69) is 16.0 Å². The molecule has 2 rings (SSSR count). The van der Waals surface area contributed by atoms with Crippen LogP contribution in [0.25, 0.3) is 0 Å². The number of anilines is 1. The molecule has 1 atom stereocenters. The summed E-state index contributed by atoms with van der Waals surface area (Å²) in [5, 5.41) is 8.24. The number of carbonyl (C=O) groups excluding carboxylic acids is 3. The summed E-state index contributed by atoms with van der Waals surface area (Å²) >= 11 is 1.39. The van der Waals surface area contributed by atoms with Crippen LogP contribution in [0.5, 0.6) is 0 Å². The molecule has 0 saturated carbocycles. The van der Waals surface area contributed by atoms with Gasteiger partial charge in [-0.15, -0.1) is 11.3 Å².